The molecule has 0 spiro atoms. The molecule has 1 atom stereocenters. The normalized spacial score (nSPS) is 17.6. The van der Waals surface area contributed by atoms with Gasteiger partial charge in [-0.2, -0.15) is 0 Å². The molecule has 0 saturated carbocycles. The molecule has 0 radical (unpaired) electrons. The number of Topliss-reactive ketones (excluding diaryl/α,β-unsaturated/α-hetero) is 1. The van der Waals surface area contributed by atoms with Crippen LogP contribution < -0.4 is 4.74 Å². The number of carbonyl (C=O) groups excluding carboxylic acids is 2. The number of ether oxygens (including phenoxy) is 1. The number of aryl methyl sites for hydroxylation is 1. The van der Waals surface area contributed by atoms with E-state index in [1.807, 2.05) is 19.1 Å². The Labute approximate surface area is 190 Å². The summed E-state index contributed by atoms with van der Waals surface area (Å²) in [5.41, 5.74) is 2.66. The molecule has 1 fully saturated rings. The van der Waals surface area contributed by atoms with Crippen LogP contribution in [0.4, 0.5) is 0 Å². The molecule has 1 aromatic heterocycles. The van der Waals surface area contributed by atoms with Gasteiger partial charge in [0.15, 0.2) is 0 Å². The van der Waals surface area contributed by atoms with Gasteiger partial charge in [0.2, 0.25) is 0 Å². The number of hydrogen-bond donors (Lipinski definition) is 1. The predicted molar refractivity (Wildman–Crippen MR) is 121 cm³/mol. The van der Waals surface area contributed by atoms with E-state index < -0.39 is 17.7 Å². The number of carbonyl (C=O) groups is 2. The molecule has 1 aliphatic rings. The number of aliphatic hydroxyl groups excluding tert-OH is 1. The van der Waals surface area contributed by atoms with Crippen molar-refractivity contribution in [2.45, 2.75) is 19.5 Å². The highest BCUT2D eigenvalue weighted by molar-refractivity contribution is 6.46. The number of methoxy groups -OCH3 is 1. The van der Waals surface area contributed by atoms with Crippen molar-refractivity contribution in [1.29, 1.82) is 0 Å². The number of rotatable bonds is 5. The molecular weight excluding hydrogens is 428 g/mol. The third-order valence-corrected chi connectivity index (χ3v) is 5.66. The van der Waals surface area contributed by atoms with Gasteiger partial charge in [-0.1, -0.05) is 41.4 Å². The quantitative estimate of drug-likeness (QED) is 0.348. The summed E-state index contributed by atoms with van der Waals surface area (Å²) in [6.07, 6.45) is 3.28. The number of benzene rings is 2. The standard InChI is InChI=1S/C25H21ClN2O4/c1-15-5-10-20(32-2)19(12-15)23(29)21-22(17-6-8-18(26)9-7-17)28(25(31)24(21)30)14-16-4-3-11-27-13-16/h3-13,22,29H,14H2,1-2H3/b23-21+. The number of halogens is 1. The van der Waals surface area contributed by atoms with Gasteiger partial charge in [0.05, 0.1) is 24.3 Å². The van der Waals surface area contributed by atoms with Crippen LogP contribution in [0, 0.1) is 6.92 Å². The van der Waals surface area contributed by atoms with E-state index in [0.717, 1.165) is 11.1 Å². The third kappa shape index (κ3) is 3.97. The molecule has 1 amide bonds. The number of amides is 1. The molecule has 2 heterocycles. The fraction of sp³-hybridized carbons (Fsp3) is 0.160. The molecule has 3 aromatic rings. The second kappa shape index (κ2) is 8.85. The first-order chi connectivity index (χ1) is 15.4. The van der Waals surface area contributed by atoms with Gasteiger partial charge in [-0.05, 0) is 48.4 Å². The lowest BCUT2D eigenvalue weighted by Gasteiger charge is -2.25. The second-order valence-electron chi connectivity index (χ2n) is 7.54. The van der Waals surface area contributed by atoms with Crippen molar-refractivity contribution >= 4 is 29.1 Å². The zero-order valence-corrected chi connectivity index (χ0v) is 18.3. The van der Waals surface area contributed by atoms with Gasteiger partial charge >= 0.3 is 0 Å². The van der Waals surface area contributed by atoms with Gasteiger partial charge in [-0.3, -0.25) is 14.6 Å². The first-order valence-corrected chi connectivity index (χ1v) is 10.4. The molecule has 2 aromatic carbocycles. The first kappa shape index (κ1) is 21.6. The maximum absolute atomic E-state index is 13.2. The summed E-state index contributed by atoms with van der Waals surface area (Å²) < 4.78 is 5.39. The average molecular weight is 449 g/mol. The van der Waals surface area contributed by atoms with Crippen molar-refractivity contribution in [2.24, 2.45) is 0 Å². The summed E-state index contributed by atoms with van der Waals surface area (Å²) in [5.74, 6) is -1.32. The largest absolute Gasteiger partial charge is 0.507 e. The van der Waals surface area contributed by atoms with E-state index in [4.69, 9.17) is 16.3 Å². The molecule has 6 nitrogen and oxygen atoms in total. The molecule has 32 heavy (non-hydrogen) atoms. The van der Waals surface area contributed by atoms with E-state index in [-0.39, 0.29) is 17.9 Å². The van der Waals surface area contributed by atoms with Crippen LogP contribution in [0.2, 0.25) is 5.02 Å². The van der Waals surface area contributed by atoms with E-state index in [9.17, 15) is 14.7 Å². The molecule has 162 valence electrons. The highest BCUT2D eigenvalue weighted by Gasteiger charge is 2.46. The van der Waals surface area contributed by atoms with E-state index in [1.165, 1.54) is 12.0 Å². The van der Waals surface area contributed by atoms with E-state index >= 15 is 0 Å². The maximum atomic E-state index is 13.2. The van der Waals surface area contributed by atoms with E-state index in [1.54, 1.807) is 54.9 Å². The number of likely N-dealkylation sites (tertiary alicyclic amines) is 1. The van der Waals surface area contributed by atoms with Crippen LogP contribution in [0.1, 0.15) is 28.3 Å². The van der Waals surface area contributed by atoms with Crippen molar-refractivity contribution in [1.82, 2.24) is 9.88 Å². The Balaban J connectivity index is 1.91. The molecule has 1 aliphatic heterocycles. The Hall–Kier alpha value is -3.64. The Kier molecular flexibility index (Phi) is 5.97. The SMILES string of the molecule is COc1ccc(C)cc1/C(O)=C1\C(=O)C(=O)N(Cc2cccnc2)C1c1ccc(Cl)cc1. The van der Waals surface area contributed by atoms with Crippen molar-refractivity contribution < 1.29 is 19.4 Å². The zero-order valence-electron chi connectivity index (χ0n) is 17.6. The lowest BCUT2D eigenvalue weighted by Crippen LogP contribution is -2.29. The number of nitrogens with zero attached hydrogens (tertiary/aromatic N) is 2. The topological polar surface area (TPSA) is 79.7 Å². The van der Waals surface area contributed by atoms with Crippen molar-refractivity contribution in [3.05, 3.63) is 99.8 Å². The Morgan fingerprint density at radius 2 is 1.91 bits per heavy atom. The van der Waals surface area contributed by atoms with Crippen molar-refractivity contribution in [3.63, 3.8) is 0 Å². The summed E-state index contributed by atoms with van der Waals surface area (Å²) in [5, 5.41) is 11.8. The third-order valence-electron chi connectivity index (χ3n) is 5.41. The lowest BCUT2D eigenvalue weighted by molar-refractivity contribution is -0.140. The molecule has 1 saturated heterocycles. The number of ketones is 1. The monoisotopic (exact) mass is 448 g/mol. The van der Waals surface area contributed by atoms with E-state index in [2.05, 4.69) is 4.98 Å². The fourth-order valence-electron chi connectivity index (χ4n) is 3.88. The van der Waals surface area contributed by atoms with Crippen LogP contribution in [-0.2, 0) is 16.1 Å². The smallest absolute Gasteiger partial charge is 0.295 e. The minimum Gasteiger partial charge on any atom is -0.507 e. The van der Waals surface area contributed by atoms with Gasteiger partial charge in [0, 0.05) is 24.0 Å². The van der Waals surface area contributed by atoms with Crippen molar-refractivity contribution in [2.75, 3.05) is 7.11 Å². The summed E-state index contributed by atoms with van der Waals surface area (Å²) in [4.78, 5) is 31.8. The summed E-state index contributed by atoms with van der Waals surface area (Å²) in [7, 11) is 1.49. The van der Waals surface area contributed by atoms with Gasteiger partial charge < -0.3 is 14.7 Å². The van der Waals surface area contributed by atoms with Crippen LogP contribution in [0.3, 0.4) is 0 Å². The number of aliphatic hydroxyl groups is 1. The Morgan fingerprint density at radius 3 is 2.56 bits per heavy atom. The average Bonchev–Trinajstić information content (AvgIpc) is 3.04. The number of hydrogen-bond acceptors (Lipinski definition) is 5. The van der Waals surface area contributed by atoms with Crippen LogP contribution in [0.25, 0.3) is 5.76 Å². The van der Waals surface area contributed by atoms with Gasteiger partial charge in [-0.25, -0.2) is 0 Å². The molecular formula is C25H21ClN2O4. The highest BCUT2D eigenvalue weighted by atomic mass is 35.5. The van der Waals surface area contributed by atoms with Gasteiger partial charge in [-0.15, -0.1) is 0 Å². The summed E-state index contributed by atoms with van der Waals surface area (Å²) in [6, 6.07) is 14.9. The first-order valence-electron chi connectivity index (χ1n) is 9.98. The lowest BCUT2D eigenvalue weighted by atomic mass is 9.94. The van der Waals surface area contributed by atoms with Gasteiger partial charge in [0.1, 0.15) is 11.5 Å². The van der Waals surface area contributed by atoms with Gasteiger partial charge in [0.25, 0.3) is 11.7 Å². The van der Waals surface area contributed by atoms with Crippen LogP contribution in [0.15, 0.2) is 72.6 Å². The Bertz CT molecular complexity index is 1210. The second-order valence-corrected chi connectivity index (χ2v) is 7.98. The molecule has 1 N–H and O–H groups in total. The van der Waals surface area contributed by atoms with Crippen LogP contribution in [0.5, 0.6) is 5.75 Å². The van der Waals surface area contributed by atoms with Crippen molar-refractivity contribution in [3.8, 4) is 5.75 Å². The number of aromatic nitrogens is 1. The summed E-state index contributed by atoms with van der Waals surface area (Å²) in [6.45, 7) is 2.03. The zero-order chi connectivity index (χ0) is 22.8. The maximum Gasteiger partial charge on any atom is 0.295 e. The molecule has 1 unspecified atom stereocenters. The minimum atomic E-state index is -0.794. The van der Waals surface area contributed by atoms with Crippen LogP contribution in [-0.4, -0.2) is 33.8 Å². The summed E-state index contributed by atoms with van der Waals surface area (Å²) >= 11 is 6.06. The van der Waals surface area contributed by atoms with E-state index in [0.29, 0.717) is 21.9 Å². The molecule has 0 bridgehead atoms. The van der Waals surface area contributed by atoms with Crippen LogP contribution >= 0.6 is 11.6 Å². The fourth-order valence-corrected chi connectivity index (χ4v) is 4.00. The molecule has 0 aliphatic carbocycles. The number of pyridine rings is 1. The predicted octanol–water partition coefficient (Wildman–Crippen LogP) is 4.67. The Morgan fingerprint density at radius 1 is 1.16 bits per heavy atom. The highest BCUT2D eigenvalue weighted by Crippen LogP contribution is 2.42. The minimum absolute atomic E-state index is 0.00473. The molecule has 7 heteroatoms. The molecule has 4 rings (SSSR count).